The summed E-state index contributed by atoms with van der Waals surface area (Å²) in [5.41, 5.74) is 2.62. The molecule has 2 aromatic rings. The van der Waals surface area contributed by atoms with Gasteiger partial charge in [0.2, 0.25) is 5.95 Å². The summed E-state index contributed by atoms with van der Waals surface area (Å²) in [6, 6.07) is 4.37. The fourth-order valence-corrected chi connectivity index (χ4v) is 4.69. The second kappa shape index (κ2) is 7.32. The Kier molecular flexibility index (Phi) is 4.91. The van der Waals surface area contributed by atoms with Crippen molar-refractivity contribution in [1.29, 1.82) is 0 Å². The molecule has 2 aliphatic rings. The van der Waals surface area contributed by atoms with Crippen LogP contribution in [0, 0.1) is 6.92 Å². The van der Waals surface area contributed by atoms with Crippen LogP contribution < -0.4 is 5.32 Å². The number of carbonyl (C=O) groups is 1. The number of carbonyl (C=O) groups excluding carboxylic acids is 1. The first-order valence-corrected chi connectivity index (χ1v) is 10.1. The molecule has 1 N–H and O–H groups in total. The number of likely N-dealkylation sites (tertiary alicyclic amines) is 1. The highest BCUT2D eigenvalue weighted by Gasteiger charge is 2.29. The monoisotopic (exact) mass is 371 g/mol. The number of fused-ring (bicyclic) bond motifs is 1. The van der Waals surface area contributed by atoms with Crippen molar-refractivity contribution in [3.63, 3.8) is 0 Å². The van der Waals surface area contributed by atoms with Gasteiger partial charge >= 0.3 is 0 Å². The van der Waals surface area contributed by atoms with Gasteiger partial charge in [0.15, 0.2) is 0 Å². The summed E-state index contributed by atoms with van der Waals surface area (Å²) in [6.45, 7) is 6.44. The smallest absolute Gasteiger partial charge is 0.273 e. The van der Waals surface area contributed by atoms with Crippen LogP contribution in [-0.4, -0.2) is 52.4 Å². The summed E-state index contributed by atoms with van der Waals surface area (Å²) < 4.78 is 0. The highest BCUT2D eigenvalue weighted by Crippen LogP contribution is 2.26. The Bertz CT molecular complexity index is 812. The first-order chi connectivity index (χ1) is 12.6. The fraction of sp³-hybridized carbons (Fsp3) is 0.526. The lowest BCUT2D eigenvalue weighted by atomic mass is 10.0. The quantitative estimate of drug-likeness (QED) is 0.895. The topological polar surface area (TPSA) is 61.4 Å². The molecule has 0 atom stereocenters. The van der Waals surface area contributed by atoms with Crippen molar-refractivity contribution in [3.05, 3.63) is 38.8 Å². The Labute approximate surface area is 158 Å². The predicted octanol–water partition coefficient (Wildman–Crippen LogP) is 2.68. The maximum atomic E-state index is 13.0. The van der Waals surface area contributed by atoms with Gasteiger partial charge < -0.3 is 10.2 Å². The molecule has 0 unspecified atom stereocenters. The number of nitrogens with one attached hydrogen (secondary N) is 1. The van der Waals surface area contributed by atoms with Gasteiger partial charge in [-0.1, -0.05) is 0 Å². The normalized spacial score (nSPS) is 17.4. The van der Waals surface area contributed by atoms with Crippen molar-refractivity contribution < 1.29 is 4.79 Å². The lowest BCUT2D eigenvalue weighted by Gasteiger charge is -2.29. The van der Waals surface area contributed by atoms with Gasteiger partial charge in [-0.15, -0.1) is 11.3 Å². The third-order valence-electron chi connectivity index (χ3n) is 5.13. The number of hydrogen-bond acceptors (Lipinski definition) is 6. The third kappa shape index (κ3) is 3.46. The van der Waals surface area contributed by atoms with E-state index in [0.717, 1.165) is 63.2 Å². The minimum atomic E-state index is 0.0615. The van der Waals surface area contributed by atoms with E-state index in [2.05, 4.69) is 39.2 Å². The summed E-state index contributed by atoms with van der Waals surface area (Å²) in [6.07, 6.45) is 3.03. The molecule has 4 rings (SSSR count). The molecular formula is C19H25N5OS. The first kappa shape index (κ1) is 17.4. The highest BCUT2D eigenvalue weighted by molar-refractivity contribution is 7.11. The minimum absolute atomic E-state index is 0.0615. The van der Waals surface area contributed by atoms with Crippen LogP contribution in [0.15, 0.2) is 12.1 Å². The molecule has 0 aromatic carbocycles. The van der Waals surface area contributed by atoms with E-state index < -0.39 is 0 Å². The Morgan fingerprint density at radius 3 is 2.73 bits per heavy atom. The third-order valence-corrected chi connectivity index (χ3v) is 6.12. The standard InChI is InChI=1S/C19H25N5OS/c1-13-5-6-14(26-13)11-23-10-7-16-15(12-23)17(22-19(20-2)21-16)18(25)24-8-3-4-9-24/h5-6H,3-4,7-12H2,1-2H3,(H,20,21,22). The molecular weight excluding hydrogens is 346 g/mol. The molecule has 1 saturated heterocycles. The van der Waals surface area contributed by atoms with Crippen LogP contribution in [0.4, 0.5) is 5.95 Å². The number of hydrogen-bond donors (Lipinski definition) is 1. The predicted molar refractivity (Wildman–Crippen MR) is 104 cm³/mol. The maximum absolute atomic E-state index is 13.0. The van der Waals surface area contributed by atoms with E-state index in [-0.39, 0.29) is 5.91 Å². The van der Waals surface area contributed by atoms with Crippen LogP contribution in [0.25, 0.3) is 0 Å². The van der Waals surface area contributed by atoms with E-state index >= 15 is 0 Å². The van der Waals surface area contributed by atoms with Gasteiger partial charge in [0, 0.05) is 61.5 Å². The highest BCUT2D eigenvalue weighted by atomic mass is 32.1. The van der Waals surface area contributed by atoms with Gasteiger partial charge in [-0.05, 0) is 31.9 Å². The molecule has 0 aliphatic carbocycles. The van der Waals surface area contributed by atoms with Crippen LogP contribution in [0.3, 0.4) is 0 Å². The lowest BCUT2D eigenvalue weighted by molar-refractivity contribution is 0.0783. The van der Waals surface area contributed by atoms with Gasteiger partial charge in [-0.25, -0.2) is 9.97 Å². The average molecular weight is 372 g/mol. The summed E-state index contributed by atoms with van der Waals surface area (Å²) >= 11 is 1.84. The van der Waals surface area contributed by atoms with Crippen molar-refractivity contribution >= 4 is 23.2 Å². The largest absolute Gasteiger partial charge is 0.357 e. The lowest BCUT2D eigenvalue weighted by Crippen LogP contribution is -2.35. The average Bonchev–Trinajstić information content (AvgIpc) is 3.32. The first-order valence-electron chi connectivity index (χ1n) is 9.28. The van der Waals surface area contributed by atoms with E-state index in [9.17, 15) is 4.79 Å². The van der Waals surface area contributed by atoms with Crippen molar-refractivity contribution in [3.8, 4) is 0 Å². The number of nitrogens with zero attached hydrogens (tertiary/aromatic N) is 4. The van der Waals surface area contributed by atoms with Crippen molar-refractivity contribution in [1.82, 2.24) is 19.8 Å². The van der Waals surface area contributed by atoms with Crippen molar-refractivity contribution in [2.75, 3.05) is 32.0 Å². The fourth-order valence-electron chi connectivity index (χ4n) is 3.75. The van der Waals surface area contributed by atoms with E-state index in [1.54, 1.807) is 7.05 Å². The van der Waals surface area contributed by atoms with Gasteiger partial charge in [-0.3, -0.25) is 9.69 Å². The van der Waals surface area contributed by atoms with E-state index in [1.165, 1.54) is 9.75 Å². The molecule has 0 radical (unpaired) electrons. The molecule has 7 heteroatoms. The van der Waals surface area contributed by atoms with Gasteiger partial charge in [-0.2, -0.15) is 0 Å². The summed E-state index contributed by atoms with van der Waals surface area (Å²) in [4.78, 5) is 29.3. The van der Waals surface area contributed by atoms with E-state index in [1.807, 2.05) is 16.2 Å². The van der Waals surface area contributed by atoms with Crippen molar-refractivity contribution in [2.24, 2.45) is 0 Å². The zero-order valence-corrected chi connectivity index (χ0v) is 16.2. The molecule has 1 fully saturated rings. The second-order valence-corrected chi connectivity index (χ2v) is 8.42. The van der Waals surface area contributed by atoms with Crippen molar-refractivity contribution in [2.45, 2.75) is 39.3 Å². The van der Waals surface area contributed by atoms with E-state index in [4.69, 9.17) is 0 Å². The van der Waals surface area contributed by atoms with Crippen LogP contribution >= 0.6 is 11.3 Å². The molecule has 26 heavy (non-hydrogen) atoms. The Morgan fingerprint density at radius 2 is 2.04 bits per heavy atom. The zero-order chi connectivity index (χ0) is 18.1. The summed E-state index contributed by atoms with van der Waals surface area (Å²) in [5.74, 6) is 0.611. The molecule has 6 nitrogen and oxygen atoms in total. The van der Waals surface area contributed by atoms with Gasteiger partial charge in [0.1, 0.15) is 5.69 Å². The number of anilines is 1. The van der Waals surface area contributed by atoms with Gasteiger partial charge in [0.05, 0.1) is 5.69 Å². The number of amides is 1. The number of rotatable bonds is 4. The van der Waals surface area contributed by atoms with E-state index in [0.29, 0.717) is 11.6 Å². The van der Waals surface area contributed by atoms with Crippen LogP contribution in [-0.2, 0) is 19.5 Å². The summed E-state index contributed by atoms with van der Waals surface area (Å²) in [5, 5.41) is 3.01. The molecule has 0 spiro atoms. The molecule has 1 amide bonds. The van der Waals surface area contributed by atoms with Crippen LogP contribution in [0.1, 0.15) is 44.3 Å². The Morgan fingerprint density at radius 1 is 1.23 bits per heavy atom. The minimum Gasteiger partial charge on any atom is -0.357 e. The molecule has 2 aromatic heterocycles. The number of aromatic nitrogens is 2. The SMILES string of the molecule is CNc1nc2c(c(C(=O)N3CCCC3)n1)CN(Cc1ccc(C)s1)CC2. The molecule has 138 valence electrons. The zero-order valence-electron chi connectivity index (χ0n) is 15.4. The maximum Gasteiger partial charge on any atom is 0.273 e. The molecule has 0 saturated carbocycles. The Hall–Kier alpha value is -1.99. The Balaban J connectivity index is 1.62. The molecule has 0 bridgehead atoms. The number of aryl methyl sites for hydroxylation is 1. The van der Waals surface area contributed by atoms with Crippen LogP contribution in [0.2, 0.25) is 0 Å². The van der Waals surface area contributed by atoms with Crippen LogP contribution in [0.5, 0.6) is 0 Å². The second-order valence-electron chi connectivity index (χ2n) is 7.04. The number of thiophene rings is 1. The molecule has 2 aliphatic heterocycles. The summed E-state index contributed by atoms with van der Waals surface area (Å²) in [7, 11) is 1.81. The van der Waals surface area contributed by atoms with Gasteiger partial charge in [0.25, 0.3) is 5.91 Å². The molecule has 4 heterocycles.